The van der Waals surface area contributed by atoms with Crippen LogP contribution in [0.4, 0.5) is 18.9 Å². The fourth-order valence-electron chi connectivity index (χ4n) is 3.09. The molecular weight excluding hydrogens is 426 g/mol. The number of halogens is 3. The third kappa shape index (κ3) is 4.81. The molecule has 32 heavy (non-hydrogen) atoms. The van der Waals surface area contributed by atoms with E-state index in [9.17, 15) is 22.8 Å². The number of methoxy groups -OCH3 is 1. The minimum absolute atomic E-state index is 0.0265. The molecule has 1 fully saturated rings. The summed E-state index contributed by atoms with van der Waals surface area (Å²) in [7, 11) is 0.427. The molecule has 170 valence electrons. The minimum Gasteiger partial charge on any atom is -0.465 e. The van der Waals surface area contributed by atoms with Gasteiger partial charge >= 0.3 is 19.3 Å². The van der Waals surface area contributed by atoms with Crippen molar-refractivity contribution in [2.24, 2.45) is 0 Å². The van der Waals surface area contributed by atoms with Gasteiger partial charge in [-0.15, -0.1) is 0 Å². The van der Waals surface area contributed by atoms with Gasteiger partial charge in [-0.1, -0.05) is 0 Å². The van der Waals surface area contributed by atoms with Crippen LogP contribution in [0.15, 0.2) is 42.5 Å². The van der Waals surface area contributed by atoms with Crippen molar-refractivity contribution in [2.75, 3.05) is 12.4 Å². The van der Waals surface area contributed by atoms with E-state index in [4.69, 9.17) is 14.0 Å². The van der Waals surface area contributed by atoms with E-state index in [-0.39, 0.29) is 16.8 Å². The summed E-state index contributed by atoms with van der Waals surface area (Å²) in [6, 6.07) is 8.35. The van der Waals surface area contributed by atoms with Crippen molar-refractivity contribution in [3.63, 3.8) is 0 Å². The first-order valence-electron chi connectivity index (χ1n) is 9.81. The molecule has 0 saturated carbocycles. The van der Waals surface area contributed by atoms with Crippen LogP contribution in [0.5, 0.6) is 0 Å². The van der Waals surface area contributed by atoms with E-state index in [0.717, 1.165) is 24.3 Å². The molecule has 1 aliphatic rings. The van der Waals surface area contributed by atoms with Gasteiger partial charge in [-0.3, -0.25) is 4.79 Å². The molecule has 0 bridgehead atoms. The van der Waals surface area contributed by atoms with Crippen molar-refractivity contribution in [2.45, 2.75) is 45.1 Å². The van der Waals surface area contributed by atoms with Gasteiger partial charge in [-0.2, -0.15) is 13.2 Å². The number of rotatable bonds is 4. The number of anilines is 1. The number of alkyl halides is 3. The summed E-state index contributed by atoms with van der Waals surface area (Å²) in [6.45, 7) is 7.52. The Morgan fingerprint density at radius 1 is 0.938 bits per heavy atom. The highest BCUT2D eigenvalue weighted by atomic mass is 19.4. The highest BCUT2D eigenvalue weighted by Gasteiger charge is 2.51. The summed E-state index contributed by atoms with van der Waals surface area (Å²) in [5.74, 6) is -1.27. The van der Waals surface area contributed by atoms with Gasteiger partial charge in [0.05, 0.1) is 29.4 Å². The zero-order chi connectivity index (χ0) is 23.9. The van der Waals surface area contributed by atoms with Gasteiger partial charge in [0.1, 0.15) is 0 Å². The second-order valence-corrected chi connectivity index (χ2v) is 8.45. The summed E-state index contributed by atoms with van der Waals surface area (Å²) in [4.78, 5) is 24.7. The first-order valence-corrected chi connectivity index (χ1v) is 9.81. The summed E-state index contributed by atoms with van der Waals surface area (Å²) < 4.78 is 55.1. The molecule has 0 spiro atoms. The van der Waals surface area contributed by atoms with Gasteiger partial charge < -0.3 is 19.4 Å². The Hall–Kier alpha value is -2.85. The Morgan fingerprint density at radius 3 is 2.00 bits per heavy atom. The molecule has 1 heterocycles. The quantitative estimate of drug-likeness (QED) is 0.564. The molecule has 1 aliphatic heterocycles. The fourth-order valence-corrected chi connectivity index (χ4v) is 3.09. The number of carbonyl (C=O) groups excluding carboxylic acids is 2. The van der Waals surface area contributed by atoms with Gasteiger partial charge in [-0.05, 0) is 75.6 Å². The van der Waals surface area contributed by atoms with E-state index in [1.165, 1.54) is 13.2 Å². The zero-order valence-corrected chi connectivity index (χ0v) is 18.3. The van der Waals surface area contributed by atoms with Crippen LogP contribution >= 0.6 is 0 Å². The molecule has 1 N–H and O–H groups in total. The smallest absolute Gasteiger partial charge is 0.465 e. The van der Waals surface area contributed by atoms with Crippen molar-refractivity contribution in [3.8, 4) is 0 Å². The Balaban J connectivity index is 1.90. The number of amides is 1. The first-order chi connectivity index (χ1) is 14.7. The number of ether oxygens (including phenoxy) is 1. The van der Waals surface area contributed by atoms with Crippen molar-refractivity contribution >= 4 is 30.1 Å². The maximum atomic E-state index is 12.8. The lowest BCUT2D eigenvalue weighted by Crippen LogP contribution is -2.41. The second kappa shape index (κ2) is 8.25. The lowest BCUT2D eigenvalue weighted by atomic mass is 9.78. The molecule has 0 atom stereocenters. The predicted molar refractivity (Wildman–Crippen MR) is 113 cm³/mol. The molecule has 3 rings (SSSR count). The van der Waals surface area contributed by atoms with E-state index >= 15 is 0 Å². The minimum atomic E-state index is -4.50. The number of esters is 1. The van der Waals surface area contributed by atoms with Gasteiger partial charge in [0.15, 0.2) is 0 Å². The first kappa shape index (κ1) is 23.8. The largest absolute Gasteiger partial charge is 0.494 e. The van der Waals surface area contributed by atoms with Crippen LogP contribution in [-0.4, -0.2) is 37.3 Å². The molecule has 2 aromatic rings. The van der Waals surface area contributed by atoms with E-state index < -0.39 is 41.9 Å². The number of hydrogen-bond acceptors (Lipinski definition) is 5. The van der Waals surface area contributed by atoms with Gasteiger partial charge in [0, 0.05) is 11.3 Å². The number of benzene rings is 2. The molecule has 0 unspecified atom stereocenters. The lowest BCUT2D eigenvalue weighted by Gasteiger charge is -2.32. The van der Waals surface area contributed by atoms with Gasteiger partial charge in [0.2, 0.25) is 0 Å². The maximum Gasteiger partial charge on any atom is 0.494 e. The van der Waals surface area contributed by atoms with Crippen molar-refractivity contribution in [3.05, 3.63) is 59.2 Å². The zero-order valence-electron chi connectivity index (χ0n) is 18.3. The van der Waals surface area contributed by atoms with E-state index in [0.29, 0.717) is 5.46 Å². The Morgan fingerprint density at radius 2 is 1.50 bits per heavy atom. The number of hydrogen-bond donors (Lipinski definition) is 1. The maximum absolute atomic E-state index is 12.8. The van der Waals surface area contributed by atoms with Crippen LogP contribution in [0.25, 0.3) is 0 Å². The Kier molecular flexibility index (Phi) is 6.14. The van der Waals surface area contributed by atoms with E-state index in [2.05, 4.69) is 5.32 Å². The molecule has 1 amide bonds. The third-order valence-corrected chi connectivity index (χ3v) is 5.63. The molecule has 0 radical (unpaired) electrons. The summed E-state index contributed by atoms with van der Waals surface area (Å²) in [5.41, 5.74) is -1.20. The molecule has 10 heteroatoms. The van der Waals surface area contributed by atoms with Crippen molar-refractivity contribution in [1.82, 2.24) is 0 Å². The molecule has 6 nitrogen and oxygen atoms in total. The van der Waals surface area contributed by atoms with Crippen LogP contribution in [0.2, 0.25) is 0 Å². The van der Waals surface area contributed by atoms with Crippen LogP contribution in [0.3, 0.4) is 0 Å². The van der Waals surface area contributed by atoms with Crippen LogP contribution in [0, 0.1) is 0 Å². The average molecular weight is 449 g/mol. The monoisotopic (exact) mass is 449 g/mol. The van der Waals surface area contributed by atoms with Gasteiger partial charge in [-0.25, -0.2) is 4.79 Å². The lowest BCUT2D eigenvalue weighted by molar-refractivity contribution is -0.137. The molecule has 0 aromatic heterocycles. The molecule has 2 aromatic carbocycles. The summed E-state index contributed by atoms with van der Waals surface area (Å²) in [5, 5.41) is 2.60. The standard InChI is InChI=1S/C22H23BF3NO5/c1-20(2)21(3,4)32-23(31-20)16-10-14(19(29)30-5)11-17(12-16)27-18(28)13-6-8-15(9-7-13)22(24,25)26/h6-12H,1-5H3,(H,27,28). The molecule has 1 saturated heterocycles. The van der Waals surface area contributed by atoms with Gasteiger partial charge in [0.25, 0.3) is 5.91 Å². The topological polar surface area (TPSA) is 73.9 Å². The average Bonchev–Trinajstić information content (AvgIpc) is 2.93. The molecule has 0 aliphatic carbocycles. The highest BCUT2D eigenvalue weighted by Crippen LogP contribution is 2.36. The van der Waals surface area contributed by atoms with Crippen molar-refractivity contribution in [1.29, 1.82) is 0 Å². The highest BCUT2D eigenvalue weighted by molar-refractivity contribution is 6.62. The second-order valence-electron chi connectivity index (χ2n) is 8.45. The fraction of sp³-hybridized carbons (Fsp3) is 0.364. The van der Waals surface area contributed by atoms with Crippen LogP contribution < -0.4 is 10.8 Å². The van der Waals surface area contributed by atoms with E-state index in [1.54, 1.807) is 12.1 Å². The van der Waals surface area contributed by atoms with E-state index in [1.807, 2.05) is 27.7 Å². The van der Waals surface area contributed by atoms with Crippen molar-refractivity contribution < 1.29 is 36.8 Å². The van der Waals surface area contributed by atoms with Crippen LogP contribution in [0.1, 0.15) is 54.0 Å². The normalized spacial score (nSPS) is 17.2. The molecular formula is C22H23BF3NO5. The Labute approximate surface area is 184 Å². The summed E-state index contributed by atoms with van der Waals surface area (Å²) in [6.07, 6.45) is -4.50. The number of carbonyl (C=O) groups is 2. The SMILES string of the molecule is COC(=O)c1cc(NC(=O)c2ccc(C(F)(F)F)cc2)cc(B2OC(C)(C)C(C)(C)O2)c1. The number of nitrogens with one attached hydrogen (secondary N) is 1. The predicted octanol–water partition coefficient (Wildman–Crippen LogP) is 4.04. The Bertz CT molecular complexity index is 1020. The van der Waals surface area contributed by atoms with Crippen LogP contribution in [-0.2, 0) is 20.2 Å². The third-order valence-electron chi connectivity index (χ3n) is 5.63. The summed E-state index contributed by atoms with van der Waals surface area (Å²) >= 11 is 0.